The van der Waals surface area contributed by atoms with Crippen LogP contribution in [0.5, 0.6) is 0 Å². The van der Waals surface area contributed by atoms with E-state index in [0.29, 0.717) is 17.2 Å². The number of nitriles is 1. The van der Waals surface area contributed by atoms with Gasteiger partial charge >= 0.3 is 0 Å². The molecular weight excluding hydrogens is 402 g/mol. The van der Waals surface area contributed by atoms with E-state index in [4.69, 9.17) is 10.00 Å². The minimum atomic E-state index is -0.0967. The number of rotatable bonds is 7. The molecule has 0 aliphatic carbocycles. The number of hydrogen-bond acceptors (Lipinski definition) is 5. The fourth-order valence-corrected chi connectivity index (χ4v) is 4.57. The molecule has 0 radical (unpaired) electrons. The number of ether oxygens (including phenoxy) is 1. The van der Waals surface area contributed by atoms with E-state index in [1.807, 2.05) is 12.1 Å². The highest BCUT2D eigenvalue weighted by molar-refractivity contribution is 5.64. The number of likely N-dealkylation sites (tertiary alicyclic amines) is 1. The summed E-state index contributed by atoms with van der Waals surface area (Å²) in [6, 6.07) is 9.67. The number of aromatic amines is 1. The number of likely N-dealkylation sites (N-methyl/N-ethyl adjacent to an activating group) is 1. The highest BCUT2D eigenvalue weighted by atomic mass is 16.5. The quantitative estimate of drug-likeness (QED) is 0.725. The molecule has 1 aromatic heterocycles. The topological polar surface area (TPSA) is 77.3 Å². The van der Waals surface area contributed by atoms with Crippen molar-refractivity contribution in [3.8, 4) is 17.2 Å². The monoisotopic (exact) mass is 433 g/mol. The molecule has 3 heterocycles. The number of aromatic nitrogens is 2. The molecule has 0 bridgehead atoms. The third-order valence-corrected chi connectivity index (χ3v) is 6.63. The largest absolute Gasteiger partial charge is 0.382 e. The van der Waals surface area contributed by atoms with Gasteiger partial charge in [0.15, 0.2) is 0 Å². The van der Waals surface area contributed by atoms with E-state index in [0.717, 1.165) is 37.4 Å². The summed E-state index contributed by atoms with van der Waals surface area (Å²) in [5, 5.41) is 12.2. The summed E-state index contributed by atoms with van der Waals surface area (Å²) in [7, 11) is 3.92. The van der Waals surface area contributed by atoms with Crippen molar-refractivity contribution >= 4 is 5.82 Å². The second-order valence-electron chi connectivity index (χ2n) is 8.68. The molecule has 1 saturated heterocycles. The molecule has 1 fully saturated rings. The third-order valence-electron chi connectivity index (χ3n) is 6.63. The lowest BCUT2D eigenvalue weighted by Crippen LogP contribution is -2.39. The van der Waals surface area contributed by atoms with Crippen LogP contribution in [0, 0.1) is 11.3 Å². The number of allylic oxidation sites excluding steroid dienone is 2. The lowest BCUT2D eigenvalue weighted by Gasteiger charge is -2.34. The number of nitrogens with zero attached hydrogens (tertiary/aromatic N) is 4. The highest BCUT2D eigenvalue weighted by Gasteiger charge is 2.29. The minimum Gasteiger partial charge on any atom is -0.382 e. The first kappa shape index (κ1) is 22.1. The summed E-state index contributed by atoms with van der Waals surface area (Å²) in [4.78, 5) is 18.0. The molecule has 4 rings (SSSR count). The first-order valence-electron chi connectivity index (χ1n) is 11.2. The van der Waals surface area contributed by atoms with E-state index in [9.17, 15) is 4.79 Å². The summed E-state index contributed by atoms with van der Waals surface area (Å²) in [6.45, 7) is 4.79. The van der Waals surface area contributed by atoms with Crippen LogP contribution in [0.25, 0.3) is 16.9 Å². The van der Waals surface area contributed by atoms with Crippen molar-refractivity contribution in [2.45, 2.75) is 38.3 Å². The molecule has 2 aromatic rings. The van der Waals surface area contributed by atoms with Crippen molar-refractivity contribution in [1.82, 2.24) is 19.6 Å². The zero-order valence-corrected chi connectivity index (χ0v) is 19.0. The Kier molecular flexibility index (Phi) is 6.63. The van der Waals surface area contributed by atoms with Crippen LogP contribution < -0.4 is 5.56 Å². The van der Waals surface area contributed by atoms with Gasteiger partial charge < -0.3 is 9.64 Å². The Morgan fingerprint density at radius 2 is 2.06 bits per heavy atom. The number of methoxy groups -OCH3 is 1. The van der Waals surface area contributed by atoms with Gasteiger partial charge in [0.1, 0.15) is 5.82 Å². The molecule has 2 atom stereocenters. The van der Waals surface area contributed by atoms with E-state index >= 15 is 0 Å². The summed E-state index contributed by atoms with van der Waals surface area (Å²) in [6.07, 6.45) is 9.41. The number of benzene rings is 1. The van der Waals surface area contributed by atoms with Gasteiger partial charge in [-0.2, -0.15) is 5.26 Å². The predicted octanol–water partition coefficient (Wildman–Crippen LogP) is 3.27. The Morgan fingerprint density at radius 3 is 2.72 bits per heavy atom. The lowest BCUT2D eigenvalue weighted by atomic mass is 10.0. The number of nitrogens with one attached hydrogen (secondary N) is 1. The van der Waals surface area contributed by atoms with Crippen LogP contribution in [0.3, 0.4) is 0 Å². The van der Waals surface area contributed by atoms with E-state index in [-0.39, 0.29) is 11.7 Å². The Balaban J connectivity index is 1.66. The summed E-state index contributed by atoms with van der Waals surface area (Å²) >= 11 is 0. The minimum absolute atomic E-state index is 0.0967. The maximum Gasteiger partial charge on any atom is 0.280 e. The van der Waals surface area contributed by atoms with Crippen LogP contribution in [0.15, 0.2) is 53.0 Å². The van der Waals surface area contributed by atoms with Crippen LogP contribution >= 0.6 is 0 Å². The third kappa shape index (κ3) is 4.43. The Morgan fingerprint density at radius 1 is 1.28 bits per heavy atom. The standard InChI is InChI=1S/C25H31N5O2/c1-18(32-3)12-14-29-17-21(23-5-4-13-28(23)2)10-11-24(29)30-25(31)22(16-27-30)20-8-6-19(15-26)7-9-20/h6-11,16,18,23,27H,4-5,12-14,17H2,1-3H3/t18?,23-/m0/s1. The molecule has 2 aliphatic rings. The van der Waals surface area contributed by atoms with Crippen LogP contribution in [0.2, 0.25) is 0 Å². The maximum absolute atomic E-state index is 13.3. The summed E-state index contributed by atoms with van der Waals surface area (Å²) < 4.78 is 7.08. The molecule has 2 aliphatic heterocycles. The van der Waals surface area contributed by atoms with Gasteiger partial charge in [0.05, 0.1) is 23.3 Å². The van der Waals surface area contributed by atoms with Crippen molar-refractivity contribution < 1.29 is 4.74 Å². The van der Waals surface area contributed by atoms with Crippen LogP contribution in [-0.4, -0.2) is 65.5 Å². The number of H-pyrrole nitrogens is 1. The molecular formula is C25H31N5O2. The lowest BCUT2D eigenvalue weighted by molar-refractivity contribution is 0.104. The molecule has 1 aromatic carbocycles. The first-order chi connectivity index (χ1) is 15.5. The van der Waals surface area contributed by atoms with Gasteiger partial charge in [0.2, 0.25) is 0 Å². The molecule has 0 saturated carbocycles. The average Bonchev–Trinajstić information content (AvgIpc) is 3.42. The van der Waals surface area contributed by atoms with Crippen molar-refractivity contribution in [1.29, 1.82) is 5.26 Å². The molecule has 32 heavy (non-hydrogen) atoms. The first-order valence-corrected chi connectivity index (χ1v) is 11.2. The van der Waals surface area contributed by atoms with E-state index in [1.165, 1.54) is 18.4 Å². The zero-order chi connectivity index (χ0) is 22.7. The highest BCUT2D eigenvalue weighted by Crippen LogP contribution is 2.28. The van der Waals surface area contributed by atoms with E-state index < -0.39 is 0 Å². The van der Waals surface area contributed by atoms with E-state index in [1.54, 1.807) is 30.1 Å². The van der Waals surface area contributed by atoms with Gasteiger partial charge in [0, 0.05) is 32.4 Å². The van der Waals surface area contributed by atoms with Crippen molar-refractivity contribution in [2.24, 2.45) is 0 Å². The van der Waals surface area contributed by atoms with Crippen LogP contribution in [0.4, 0.5) is 0 Å². The molecule has 7 nitrogen and oxygen atoms in total. The van der Waals surface area contributed by atoms with Crippen molar-refractivity contribution in [3.05, 3.63) is 64.1 Å². The molecule has 7 heteroatoms. The van der Waals surface area contributed by atoms with Gasteiger partial charge in [-0.05, 0) is 69.1 Å². The van der Waals surface area contributed by atoms with Gasteiger partial charge in [-0.3, -0.25) is 14.8 Å². The van der Waals surface area contributed by atoms with Gasteiger partial charge in [0.25, 0.3) is 5.56 Å². The number of hydrogen-bond donors (Lipinski definition) is 1. The van der Waals surface area contributed by atoms with Crippen molar-refractivity contribution in [3.63, 3.8) is 0 Å². The Hall–Kier alpha value is -3.08. The van der Waals surface area contributed by atoms with Crippen LogP contribution in [-0.2, 0) is 4.74 Å². The van der Waals surface area contributed by atoms with Gasteiger partial charge in [-0.25, -0.2) is 4.68 Å². The maximum atomic E-state index is 13.3. The molecule has 1 N–H and O–H groups in total. The van der Waals surface area contributed by atoms with Crippen molar-refractivity contribution in [2.75, 3.05) is 33.8 Å². The van der Waals surface area contributed by atoms with Gasteiger partial charge in [-0.15, -0.1) is 0 Å². The summed E-state index contributed by atoms with van der Waals surface area (Å²) in [5.41, 5.74) is 3.26. The smallest absolute Gasteiger partial charge is 0.280 e. The molecule has 168 valence electrons. The fourth-order valence-electron chi connectivity index (χ4n) is 4.57. The second kappa shape index (κ2) is 9.60. The molecule has 1 unspecified atom stereocenters. The molecule has 0 amide bonds. The molecule has 0 spiro atoms. The Labute approximate surface area is 189 Å². The van der Waals surface area contributed by atoms with Crippen LogP contribution in [0.1, 0.15) is 31.7 Å². The SMILES string of the molecule is COC(C)CCN1CC([C@@H]2CCCN2C)=CC=C1n1[nH]cc(-c2ccc(C#N)cc2)c1=O. The fraction of sp³-hybridized carbons (Fsp3) is 0.440. The summed E-state index contributed by atoms with van der Waals surface area (Å²) in [5.74, 6) is 0.850. The van der Waals surface area contributed by atoms with E-state index in [2.05, 4.69) is 47.1 Å². The Bertz CT molecular complexity index is 1100. The predicted molar refractivity (Wildman–Crippen MR) is 126 cm³/mol. The normalized spacial score (nSPS) is 20.1. The zero-order valence-electron chi connectivity index (χ0n) is 19.0. The van der Waals surface area contributed by atoms with Gasteiger partial charge in [-0.1, -0.05) is 18.2 Å². The second-order valence-corrected chi connectivity index (χ2v) is 8.68. The average molecular weight is 434 g/mol.